The number of aliphatic carboxylic acids is 1. The van der Waals surface area contributed by atoms with Gasteiger partial charge in [0, 0.05) is 25.2 Å². The molecule has 0 saturated carbocycles. The van der Waals surface area contributed by atoms with E-state index in [2.05, 4.69) is 4.98 Å². The molecule has 0 fully saturated rings. The van der Waals surface area contributed by atoms with Gasteiger partial charge in [-0.2, -0.15) is 0 Å². The predicted molar refractivity (Wildman–Crippen MR) is 67.5 cm³/mol. The Labute approximate surface area is 113 Å². The van der Waals surface area contributed by atoms with E-state index in [1.165, 1.54) is 4.57 Å². The lowest BCUT2D eigenvalue weighted by molar-refractivity contribution is -0.137. The predicted octanol–water partition coefficient (Wildman–Crippen LogP) is 1.98. The summed E-state index contributed by atoms with van der Waals surface area (Å²) in [6, 6.07) is 1.93. The summed E-state index contributed by atoms with van der Waals surface area (Å²) in [4.78, 5) is 15.0. The quantitative estimate of drug-likeness (QED) is 0.824. The lowest BCUT2D eigenvalue weighted by Crippen LogP contribution is -2.13. The van der Waals surface area contributed by atoms with Crippen LogP contribution in [0.2, 0.25) is 0 Å². The second kappa shape index (κ2) is 5.96. The molecule has 1 aromatic heterocycles. The topological polar surface area (TPSA) is 64.4 Å². The van der Waals surface area contributed by atoms with E-state index < -0.39 is 17.6 Å². The molecule has 0 atom stereocenters. The molecule has 1 N–H and O–H groups in total. The van der Waals surface area contributed by atoms with Crippen LogP contribution in [0.4, 0.5) is 8.78 Å². The Kier molecular flexibility index (Phi) is 4.29. The van der Waals surface area contributed by atoms with Gasteiger partial charge in [0.05, 0.1) is 17.6 Å². The van der Waals surface area contributed by atoms with Gasteiger partial charge in [-0.3, -0.25) is 4.79 Å². The highest BCUT2D eigenvalue weighted by atomic mass is 19.2. The number of rotatable bonds is 6. The zero-order valence-corrected chi connectivity index (χ0v) is 10.9. The molecule has 0 unspecified atom stereocenters. The molecule has 2 rings (SSSR count). The number of hydrogen-bond acceptors (Lipinski definition) is 3. The molecule has 20 heavy (non-hydrogen) atoms. The molecule has 5 nitrogen and oxygen atoms in total. The van der Waals surface area contributed by atoms with Crippen LogP contribution < -0.4 is 0 Å². The lowest BCUT2D eigenvalue weighted by Gasteiger charge is -2.06. The number of hydrogen-bond donors (Lipinski definition) is 1. The number of halogens is 2. The molecule has 0 aliphatic carbocycles. The van der Waals surface area contributed by atoms with Gasteiger partial charge in [0.15, 0.2) is 11.6 Å². The molecule has 7 heteroatoms. The molecule has 0 amide bonds. The molecule has 1 heterocycles. The summed E-state index contributed by atoms with van der Waals surface area (Å²) in [7, 11) is 0. The Balaban J connectivity index is 2.45. The van der Waals surface area contributed by atoms with Crippen LogP contribution in [0.5, 0.6) is 0 Å². The van der Waals surface area contributed by atoms with Crippen molar-refractivity contribution in [3.63, 3.8) is 0 Å². The maximum Gasteiger partial charge on any atom is 0.323 e. The van der Waals surface area contributed by atoms with E-state index in [1.807, 2.05) is 6.92 Å². The van der Waals surface area contributed by atoms with Gasteiger partial charge in [0.2, 0.25) is 0 Å². The standard InChI is InChI=1S/C13H14F2N2O3/c1-2-20-4-3-12-16-10-5-8(14)9(15)6-11(10)17(12)7-13(18)19/h5-6H,2-4,7H2,1H3,(H,18,19). The Hall–Kier alpha value is -2.02. The molecule has 0 saturated heterocycles. The van der Waals surface area contributed by atoms with Gasteiger partial charge in [0.25, 0.3) is 0 Å². The molecule has 108 valence electrons. The van der Waals surface area contributed by atoms with Gasteiger partial charge < -0.3 is 14.4 Å². The van der Waals surface area contributed by atoms with Gasteiger partial charge in [0.1, 0.15) is 12.4 Å². The van der Waals surface area contributed by atoms with Crippen molar-refractivity contribution in [2.75, 3.05) is 13.2 Å². The monoisotopic (exact) mass is 284 g/mol. The summed E-state index contributed by atoms with van der Waals surface area (Å²) in [6.45, 7) is 2.38. The summed E-state index contributed by atoms with van der Waals surface area (Å²) in [5.74, 6) is -2.68. The maximum atomic E-state index is 13.3. The van der Waals surface area contributed by atoms with E-state index in [9.17, 15) is 13.6 Å². The molecule has 0 radical (unpaired) electrons. The van der Waals surface area contributed by atoms with Crippen LogP contribution in [-0.4, -0.2) is 33.8 Å². The Morgan fingerprint density at radius 1 is 1.40 bits per heavy atom. The number of aromatic nitrogens is 2. The van der Waals surface area contributed by atoms with Gasteiger partial charge in [-0.05, 0) is 6.92 Å². The normalized spacial score (nSPS) is 11.2. The van der Waals surface area contributed by atoms with Crippen LogP contribution in [-0.2, 0) is 22.5 Å². The highest BCUT2D eigenvalue weighted by Crippen LogP contribution is 2.20. The van der Waals surface area contributed by atoms with Crippen molar-refractivity contribution in [3.8, 4) is 0 Å². The van der Waals surface area contributed by atoms with Crippen molar-refractivity contribution in [1.29, 1.82) is 0 Å². The van der Waals surface area contributed by atoms with Crippen molar-refractivity contribution < 1.29 is 23.4 Å². The minimum Gasteiger partial charge on any atom is -0.480 e. The molecule has 0 aliphatic rings. The molecular weight excluding hydrogens is 270 g/mol. The molecule has 0 spiro atoms. The third-order valence-electron chi connectivity index (χ3n) is 2.84. The summed E-state index contributed by atoms with van der Waals surface area (Å²) >= 11 is 0. The van der Waals surface area contributed by atoms with Crippen molar-refractivity contribution in [3.05, 3.63) is 29.6 Å². The Bertz CT molecular complexity index is 640. The number of carboxylic acids is 1. The fourth-order valence-electron chi connectivity index (χ4n) is 1.98. The second-order valence-electron chi connectivity index (χ2n) is 4.21. The third kappa shape index (κ3) is 2.93. The Morgan fingerprint density at radius 3 is 2.75 bits per heavy atom. The molecule has 2 aromatic rings. The van der Waals surface area contributed by atoms with Crippen LogP contribution in [0, 0.1) is 11.6 Å². The van der Waals surface area contributed by atoms with E-state index in [1.54, 1.807) is 0 Å². The second-order valence-corrected chi connectivity index (χ2v) is 4.21. The highest BCUT2D eigenvalue weighted by molar-refractivity contribution is 5.78. The first-order valence-corrected chi connectivity index (χ1v) is 6.16. The first-order chi connectivity index (χ1) is 9.52. The van der Waals surface area contributed by atoms with Crippen LogP contribution >= 0.6 is 0 Å². The maximum absolute atomic E-state index is 13.3. The van der Waals surface area contributed by atoms with Crippen molar-refractivity contribution in [1.82, 2.24) is 9.55 Å². The fraction of sp³-hybridized carbons (Fsp3) is 0.385. The molecule has 1 aromatic carbocycles. The van der Waals surface area contributed by atoms with Gasteiger partial charge in [-0.1, -0.05) is 0 Å². The average Bonchev–Trinajstić information content (AvgIpc) is 2.68. The van der Waals surface area contributed by atoms with Crippen LogP contribution in [0.25, 0.3) is 11.0 Å². The number of carbonyl (C=O) groups is 1. The summed E-state index contributed by atoms with van der Waals surface area (Å²) in [5.41, 5.74) is 0.495. The zero-order chi connectivity index (χ0) is 14.7. The van der Waals surface area contributed by atoms with Crippen LogP contribution in [0.1, 0.15) is 12.7 Å². The smallest absolute Gasteiger partial charge is 0.323 e. The van der Waals surface area contributed by atoms with Gasteiger partial charge in [-0.15, -0.1) is 0 Å². The SMILES string of the molecule is CCOCCc1nc2cc(F)c(F)cc2n1CC(=O)O. The first kappa shape index (κ1) is 14.4. The van der Waals surface area contributed by atoms with Gasteiger partial charge >= 0.3 is 5.97 Å². The third-order valence-corrected chi connectivity index (χ3v) is 2.84. The summed E-state index contributed by atoms with van der Waals surface area (Å²) in [5, 5.41) is 8.92. The van der Waals surface area contributed by atoms with E-state index in [4.69, 9.17) is 9.84 Å². The summed E-state index contributed by atoms with van der Waals surface area (Å²) in [6.07, 6.45) is 0.374. The van der Waals surface area contributed by atoms with E-state index in [0.717, 1.165) is 12.1 Å². The van der Waals surface area contributed by atoms with E-state index in [0.29, 0.717) is 25.5 Å². The zero-order valence-electron chi connectivity index (χ0n) is 10.9. The van der Waals surface area contributed by atoms with Gasteiger partial charge in [-0.25, -0.2) is 13.8 Å². The van der Waals surface area contributed by atoms with E-state index >= 15 is 0 Å². The molecule has 0 aliphatic heterocycles. The van der Waals surface area contributed by atoms with Crippen molar-refractivity contribution >= 4 is 17.0 Å². The number of fused-ring (bicyclic) bond motifs is 1. The minimum atomic E-state index is -1.08. The van der Waals surface area contributed by atoms with Crippen molar-refractivity contribution in [2.24, 2.45) is 0 Å². The molecule has 0 bridgehead atoms. The first-order valence-electron chi connectivity index (χ1n) is 6.16. The van der Waals surface area contributed by atoms with E-state index in [-0.39, 0.29) is 17.6 Å². The Morgan fingerprint density at radius 2 is 2.10 bits per heavy atom. The minimum absolute atomic E-state index is 0.233. The lowest BCUT2D eigenvalue weighted by atomic mass is 10.3. The van der Waals surface area contributed by atoms with Crippen molar-refractivity contribution in [2.45, 2.75) is 19.9 Å². The summed E-state index contributed by atoms with van der Waals surface area (Å²) < 4.78 is 33.0. The highest BCUT2D eigenvalue weighted by Gasteiger charge is 2.16. The number of benzene rings is 1. The number of nitrogens with zero attached hydrogens (tertiary/aromatic N) is 2. The van der Waals surface area contributed by atoms with Crippen LogP contribution in [0.3, 0.4) is 0 Å². The molecular formula is C13H14F2N2O3. The number of ether oxygens (including phenoxy) is 1. The largest absolute Gasteiger partial charge is 0.480 e. The number of carboxylic acid groups (broad SMARTS) is 1. The van der Waals surface area contributed by atoms with Crippen LogP contribution in [0.15, 0.2) is 12.1 Å². The number of imidazole rings is 1. The average molecular weight is 284 g/mol. The fourth-order valence-corrected chi connectivity index (χ4v) is 1.98.